The first-order valence-corrected chi connectivity index (χ1v) is 14.2. The molecule has 4 aromatic carbocycles. The summed E-state index contributed by atoms with van der Waals surface area (Å²) in [6, 6.07) is 38.7. The normalized spacial score (nSPS) is 14.8. The van der Waals surface area contributed by atoms with Crippen LogP contribution < -0.4 is 0 Å². The predicted molar refractivity (Wildman–Crippen MR) is 163 cm³/mol. The van der Waals surface area contributed by atoms with E-state index in [1.807, 2.05) is 84.3 Å². The summed E-state index contributed by atoms with van der Waals surface area (Å²) < 4.78 is 18.7. The van der Waals surface area contributed by atoms with Crippen LogP contribution in [-0.4, -0.2) is 9.97 Å². The van der Waals surface area contributed by atoms with Gasteiger partial charge < -0.3 is 0 Å². The molecule has 1 aliphatic rings. The molecule has 2 unspecified atom stereocenters. The molecule has 0 amide bonds. The fraction of sp³-hybridized carbons (Fsp3) is 0.0556. The summed E-state index contributed by atoms with van der Waals surface area (Å²) >= 11 is 1.83. The van der Waals surface area contributed by atoms with Crippen molar-refractivity contribution in [1.82, 2.24) is 9.97 Å². The molecular formula is C36H23FN2S. The van der Waals surface area contributed by atoms with Crippen LogP contribution in [0.5, 0.6) is 0 Å². The highest BCUT2D eigenvalue weighted by Gasteiger charge is 2.33. The van der Waals surface area contributed by atoms with Crippen LogP contribution in [0, 0.1) is 0 Å². The van der Waals surface area contributed by atoms with Crippen LogP contribution >= 0.6 is 11.3 Å². The fourth-order valence-electron chi connectivity index (χ4n) is 6.18. The Bertz CT molecular complexity index is 2050. The summed E-state index contributed by atoms with van der Waals surface area (Å²) in [6.07, 6.45) is 2.37. The first kappa shape index (κ1) is 23.2. The number of fused-ring (bicyclic) bond motifs is 7. The lowest BCUT2D eigenvalue weighted by Gasteiger charge is -2.17. The topological polar surface area (TPSA) is 25.8 Å². The van der Waals surface area contributed by atoms with Gasteiger partial charge >= 0.3 is 0 Å². The Morgan fingerprint density at radius 3 is 2.40 bits per heavy atom. The molecule has 2 atom stereocenters. The van der Waals surface area contributed by atoms with Crippen molar-refractivity contribution in [2.45, 2.75) is 12.1 Å². The molecule has 0 N–H and O–H groups in total. The van der Waals surface area contributed by atoms with E-state index < -0.39 is 6.17 Å². The van der Waals surface area contributed by atoms with Crippen LogP contribution in [0.15, 0.2) is 128 Å². The third-order valence-electron chi connectivity index (χ3n) is 7.94. The van der Waals surface area contributed by atoms with Gasteiger partial charge in [0.05, 0.1) is 17.3 Å². The van der Waals surface area contributed by atoms with Gasteiger partial charge in [-0.3, -0.25) is 9.97 Å². The maximum atomic E-state index is 16.1. The van der Waals surface area contributed by atoms with Crippen molar-refractivity contribution in [1.29, 1.82) is 0 Å². The van der Waals surface area contributed by atoms with Crippen LogP contribution in [0.4, 0.5) is 4.39 Å². The average molecular weight is 535 g/mol. The Kier molecular flexibility index (Phi) is 5.35. The van der Waals surface area contributed by atoms with Gasteiger partial charge in [0.15, 0.2) is 6.17 Å². The highest BCUT2D eigenvalue weighted by molar-refractivity contribution is 7.25. The highest BCUT2D eigenvalue weighted by atomic mass is 32.1. The summed E-state index contributed by atoms with van der Waals surface area (Å²) in [4.78, 5) is 9.32. The Labute approximate surface area is 235 Å². The number of thiophene rings is 1. The van der Waals surface area contributed by atoms with Crippen molar-refractivity contribution >= 4 is 31.5 Å². The van der Waals surface area contributed by atoms with Gasteiger partial charge in [-0.1, -0.05) is 78.9 Å². The van der Waals surface area contributed by atoms with E-state index in [1.54, 1.807) is 6.20 Å². The van der Waals surface area contributed by atoms with E-state index in [4.69, 9.17) is 4.98 Å². The van der Waals surface area contributed by atoms with E-state index in [-0.39, 0.29) is 5.92 Å². The third-order valence-corrected chi connectivity index (χ3v) is 9.08. The quantitative estimate of drug-likeness (QED) is 0.225. The van der Waals surface area contributed by atoms with Crippen molar-refractivity contribution in [3.8, 4) is 22.4 Å². The van der Waals surface area contributed by atoms with Gasteiger partial charge in [0.1, 0.15) is 0 Å². The zero-order chi connectivity index (χ0) is 26.6. The Morgan fingerprint density at radius 2 is 1.50 bits per heavy atom. The minimum Gasteiger partial charge on any atom is -0.260 e. The molecule has 190 valence electrons. The molecule has 0 fully saturated rings. The first-order valence-electron chi connectivity index (χ1n) is 13.4. The number of halogens is 1. The average Bonchev–Trinajstić information content (AvgIpc) is 3.57. The standard InChI is InChI=1S/C36H23FN2S/c37-35(24-10-5-8-22(20-24)29-14-3-4-18-38-29)25-11-6-9-23(21-25)32-27-16-17-31-34(26-12-1-2-15-30(26)40-31)33(27)28-13-7-19-39-36(28)32/h1-21,32,35H. The molecule has 8 rings (SSSR count). The zero-order valence-corrected chi connectivity index (χ0v) is 22.3. The van der Waals surface area contributed by atoms with Crippen molar-refractivity contribution in [3.05, 3.63) is 156 Å². The van der Waals surface area contributed by atoms with Gasteiger partial charge in [0.2, 0.25) is 0 Å². The second kappa shape index (κ2) is 9.22. The van der Waals surface area contributed by atoms with Crippen molar-refractivity contribution in [2.75, 3.05) is 0 Å². The van der Waals surface area contributed by atoms with Crippen molar-refractivity contribution in [2.24, 2.45) is 0 Å². The molecular weight excluding hydrogens is 511 g/mol. The number of benzene rings is 4. The number of alkyl halides is 1. The number of aromatic nitrogens is 2. The van der Waals surface area contributed by atoms with Crippen LogP contribution in [0.1, 0.15) is 40.0 Å². The van der Waals surface area contributed by atoms with Gasteiger partial charge in [-0.25, -0.2) is 4.39 Å². The third kappa shape index (κ3) is 3.60. The molecule has 0 saturated heterocycles. The fourth-order valence-corrected chi connectivity index (χ4v) is 7.30. The summed E-state index contributed by atoms with van der Waals surface area (Å²) in [7, 11) is 0. The number of rotatable bonds is 4. The lowest BCUT2D eigenvalue weighted by Crippen LogP contribution is -2.03. The zero-order valence-electron chi connectivity index (χ0n) is 21.5. The van der Waals surface area contributed by atoms with E-state index in [0.717, 1.165) is 22.5 Å². The van der Waals surface area contributed by atoms with Crippen molar-refractivity contribution in [3.63, 3.8) is 0 Å². The van der Waals surface area contributed by atoms with Crippen LogP contribution in [0.25, 0.3) is 42.6 Å². The minimum absolute atomic E-state index is 0.0544. The van der Waals surface area contributed by atoms with E-state index >= 15 is 4.39 Å². The predicted octanol–water partition coefficient (Wildman–Crippen LogP) is 9.73. The SMILES string of the molecule is FC(c1cccc(-c2ccccn2)c1)c1cccc(C2c3ccc4sc5ccccc5c4c3-c3cccnc32)c1. The first-order chi connectivity index (χ1) is 19.8. The van der Waals surface area contributed by atoms with Crippen LogP contribution in [0.3, 0.4) is 0 Å². The number of pyridine rings is 2. The number of hydrogen-bond acceptors (Lipinski definition) is 3. The van der Waals surface area contributed by atoms with Crippen LogP contribution in [-0.2, 0) is 0 Å². The van der Waals surface area contributed by atoms with Gasteiger partial charge in [-0.05, 0) is 64.2 Å². The largest absolute Gasteiger partial charge is 0.260 e. The summed E-state index contributed by atoms with van der Waals surface area (Å²) in [5.41, 5.74) is 8.75. The Morgan fingerprint density at radius 1 is 0.675 bits per heavy atom. The number of hydrogen-bond donors (Lipinski definition) is 0. The molecule has 0 radical (unpaired) electrons. The second-order valence-electron chi connectivity index (χ2n) is 10.2. The van der Waals surface area contributed by atoms with Gasteiger partial charge in [-0.2, -0.15) is 0 Å². The maximum Gasteiger partial charge on any atom is 0.150 e. The smallest absolute Gasteiger partial charge is 0.150 e. The van der Waals surface area contributed by atoms with E-state index in [2.05, 4.69) is 53.5 Å². The molecule has 2 nitrogen and oxygen atoms in total. The molecule has 1 aliphatic carbocycles. The highest BCUT2D eigenvalue weighted by Crippen LogP contribution is 2.52. The molecule has 40 heavy (non-hydrogen) atoms. The van der Waals surface area contributed by atoms with E-state index in [0.29, 0.717) is 11.1 Å². The lowest BCUT2D eigenvalue weighted by atomic mass is 9.89. The Balaban J connectivity index is 1.25. The molecule has 0 saturated carbocycles. The summed E-state index contributed by atoms with van der Waals surface area (Å²) in [6.45, 7) is 0. The second-order valence-corrected chi connectivity index (χ2v) is 11.3. The summed E-state index contributed by atoms with van der Waals surface area (Å²) in [5, 5.41) is 2.57. The number of nitrogens with zero attached hydrogens (tertiary/aromatic N) is 2. The summed E-state index contributed by atoms with van der Waals surface area (Å²) in [5.74, 6) is -0.0544. The van der Waals surface area contributed by atoms with E-state index in [9.17, 15) is 0 Å². The van der Waals surface area contributed by atoms with Crippen molar-refractivity contribution < 1.29 is 4.39 Å². The van der Waals surface area contributed by atoms with Gasteiger partial charge in [-0.15, -0.1) is 11.3 Å². The molecule has 3 aromatic heterocycles. The molecule has 7 aromatic rings. The lowest BCUT2D eigenvalue weighted by molar-refractivity contribution is 0.402. The molecule has 4 heteroatoms. The molecule has 0 aliphatic heterocycles. The monoisotopic (exact) mass is 534 g/mol. The van der Waals surface area contributed by atoms with Crippen LogP contribution in [0.2, 0.25) is 0 Å². The van der Waals surface area contributed by atoms with Gasteiger partial charge in [0, 0.05) is 43.7 Å². The molecule has 0 spiro atoms. The van der Waals surface area contributed by atoms with E-state index in [1.165, 1.54) is 36.9 Å². The molecule has 0 bridgehead atoms. The maximum absolute atomic E-state index is 16.1. The minimum atomic E-state index is -1.25. The Hall–Kier alpha value is -4.67. The molecule has 3 heterocycles. The van der Waals surface area contributed by atoms with Gasteiger partial charge in [0.25, 0.3) is 0 Å².